The molecule has 1 aliphatic rings. The molecule has 1 saturated carbocycles. The first-order valence-electron chi connectivity index (χ1n) is 7.61. The molecule has 2 nitrogen and oxygen atoms in total. The van der Waals surface area contributed by atoms with Crippen molar-refractivity contribution in [3.05, 3.63) is 21.6 Å². The summed E-state index contributed by atoms with van der Waals surface area (Å²) in [5.74, 6) is 1.65. The highest BCUT2D eigenvalue weighted by Crippen LogP contribution is 2.41. The Morgan fingerprint density at radius 3 is 2.33 bits per heavy atom. The lowest BCUT2D eigenvalue weighted by atomic mass is 9.71. The zero-order valence-electron chi connectivity index (χ0n) is 13.3. The fourth-order valence-electron chi connectivity index (χ4n) is 3.20. The Morgan fingerprint density at radius 2 is 1.81 bits per heavy atom. The maximum atomic E-state index is 6.15. The molecule has 0 aliphatic heterocycles. The minimum Gasteiger partial charge on any atom is -0.493 e. The number of hydrogen-bond acceptors (Lipinski definition) is 2. The number of ether oxygens (including phenoxy) is 1. The quantitative estimate of drug-likeness (QED) is 0.687. The zero-order valence-corrected chi connectivity index (χ0v) is 15.6. The van der Waals surface area contributed by atoms with Gasteiger partial charge in [-0.05, 0) is 65.1 Å². The smallest absolute Gasteiger partial charge is 0.156 e. The van der Waals surface area contributed by atoms with Crippen molar-refractivity contribution in [2.24, 2.45) is 11.3 Å². The van der Waals surface area contributed by atoms with Crippen molar-refractivity contribution in [3.63, 3.8) is 0 Å². The predicted molar refractivity (Wildman–Crippen MR) is 94.5 cm³/mol. The van der Waals surface area contributed by atoms with Gasteiger partial charge in [0.2, 0.25) is 0 Å². The van der Waals surface area contributed by atoms with E-state index in [0.29, 0.717) is 16.5 Å². The van der Waals surface area contributed by atoms with Crippen molar-refractivity contribution in [2.75, 3.05) is 12.4 Å². The lowest BCUT2D eigenvalue weighted by molar-refractivity contribution is 0.173. The van der Waals surface area contributed by atoms with Gasteiger partial charge in [0.05, 0.1) is 17.3 Å². The van der Waals surface area contributed by atoms with Gasteiger partial charge in [-0.2, -0.15) is 0 Å². The lowest BCUT2D eigenvalue weighted by Crippen LogP contribution is -2.31. The van der Waals surface area contributed by atoms with Gasteiger partial charge < -0.3 is 10.1 Å². The molecule has 4 heteroatoms. The van der Waals surface area contributed by atoms with Crippen LogP contribution in [0.15, 0.2) is 16.6 Å². The number of anilines is 1. The molecule has 21 heavy (non-hydrogen) atoms. The fourth-order valence-corrected chi connectivity index (χ4v) is 4.17. The highest BCUT2D eigenvalue weighted by Gasteiger charge is 2.30. The summed E-state index contributed by atoms with van der Waals surface area (Å²) in [4.78, 5) is 0. The third-order valence-electron chi connectivity index (χ3n) is 4.52. The summed E-state index contributed by atoms with van der Waals surface area (Å²) in [6.45, 7) is 7.05. The number of halogens is 2. The van der Waals surface area contributed by atoms with Crippen LogP contribution in [0.4, 0.5) is 5.69 Å². The lowest BCUT2D eigenvalue weighted by Gasteiger charge is -2.37. The van der Waals surface area contributed by atoms with Gasteiger partial charge in [-0.15, -0.1) is 0 Å². The van der Waals surface area contributed by atoms with E-state index in [1.807, 2.05) is 12.1 Å². The summed E-state index contributed by atoms with van der Waals surface area (Å²) in [5.41, 5.74) is 1.40. The molecule has 0 bridgehead atoms. The SMILES string of the molecule is COc1c(Br)cc(Cl)cc1NC1CCC(C(C)(C)C)CC1. The Bertz CT molecular complexity index is 490. The van der Waals surface area contributed by atoms with Gasteiger partial charge in [-0.1, -0.05) is 32.4 Å². The average Bonchev–Trinajstić information content (AvgIpc) is 2.38. The van der Waals surface area contributed by atoms with Crippen LogP contribution in [0.5, 0.6) is 5.75 Å². The Labute approximate surface area is 141 Å². The van der Waals surface area contributed by atoms with Crippen LogP contribution in [0.3, 0.4) is 0 Å². The largest absolute Gasteiger partial charge is 0.493 e. The molecule has 118 valence electrons. The zero-order chi connectivity index (χ0) is 15.6. The van der Waals surface area contributed by atoms with E-state index in [0.717, 1.165) is 21.8 Å². The summed E-state index contributed by atoms with van der Waals surface area (Å²) in [5, 5.41) is 4.33. The summed E-state index contributed by atoms with van der Waals surface area (Å²) in [7, 11) is 1.69. The van der Waals surface area contributed by atoms with Gasteiger partial charge in [0.25, 0.3) is 0 Å². The number of benzene rings is 1. The first-order valence-corrected chi connectivity index (χ1v) is 8.78. The average molecular weight is 375 g/mol. The summed E-state index contributed by atoms with van der Waals surface area (Å²) in [6.07, 6.45) is 4.97. The van der Waals surface area contributed by atoms with Crippen LogP contribution in [-0.4, -0.2) is 13.2 Å². The molecule has 0 spiro atoms. The van der Waals surface area contributed by atoms with Crippen LogP contribution in [-0.2, 0) is 0 Å². The fraction of sp³-hybridized carbons (Fsp3) is 0.647. The van der Waals surface area contributed by atoms with Gasteiger partial charge in [0, 0.05) is 11.1 Å². The van der Waals surface area contributed by atoms with Crippen LogP contribution >= 0.6 is 27.5 Å². The van der Waals surface area contributed by atoms with Crippen LogP contribution in [0.2, 0.25) is 5.02 Å². The minimum atomic E-state index is 0.418. The monoisotopic (exact) mass is 373 g/mol. The molecule has 1 aliphatic carbocycles. The van der Waals surface area contributed by atoms with Crippen molar-refractivity contribution >= 4 is 33.2 Å². The number of hydrogen-bond donors (Lipinski definition) is 1. The molecule has 1 N–H and O–H groups in total. The first kappa shape index (κ1) is 17.0. The molecule has 0 amide bonds. The molecule has 0 unspecified atom stereocenters. The van der Waals surface area contributed by atoms with Gasteiger partial charge >= 0.3 is 0 Å². The van der Waals surface area contributed by atoms with E-state index in [1.54, 1.807) is 7.11 Å². The standard InChI is InChI=1S/C17H25BrClNO/c1-17(2,3)11-5-7-13(8-6-11)20-15-10-12(19)9-14(18)16(15)21-4/h9-11,13,20H,5-8H2,1-4H3. The second-order valence-electron chi connectivity index (χ2n) is 7.03. The maximum Gasteiger partial charge on any atom is 0.156 e. The van der Waals surface area contributed by atoms with E-state index >= 15 is 0 Å². The summed E-state index contributed by atoms with van der Waals surface area (Å²) in [6, 6.07) is 4.31. The topological polar surface area (TPSA) is 21.3 Å². The molecule has 2 rings (SSSR count). The van der Waals surface area contributed by atoms with Crippen molar-refractivity contribution < 1.29 is 4.74 Å². The molecule has 1 aromatic rings. The molecule has 0 saturated heterocycles. The van der Waals surface area contributed by atoms with Crippen LogP contribution in [0.25, 0.3) is 0 Å². The van der Waals surface area contributed by atoms with Gasteiger partial charge in [-0.3, -0.25) is 0 Å². The third-order valence-corrected chi connectivity index (χ3v) is 5.33. The molecule has 0 atom stereocenters. The molecular weight excluding hydrogens is 350 g/mol. The summed E-state index contributed by atoms with van der Waals surface area (Å²) < 4.78 is 6.37. The van der Waals surface area contributed by atoms with Gasteiger partial charge in [0.1, 0.15) is 0 Å². The van der Waals surface area contributed by atoms with Crippen LogP contribution in [0, 0.1) is 11.3 Å². The molecule has 1 aromatic carbocycles. The number of rotatable bonds is 3. The number of methoxy groups -OCH3 is 1. The minimum absolute atomic E-state index is 0.418. The van der Waals surface area contributed by atoms with Crippen molar-refractivity contribution in [1.82, 2.24) is 0 Å². The molecule has 1 fully saturated rings. The normalized spacial score (nSPS) is 23.0. The maximum absolute atomic E-state index is 6.15. The molecule has 0 aromatic heterocycles. The van der Waals surface area contributed by atoms with Gasteiger partial charge in [-0.25, -0.2) is 0 Å². The Morgan fingerprint density at radius 1 is 1.19 bits per heavy atom. The third kappa shape index (κ3) is 4.29. The van der Waals surface area contributed by atoms with E-state index < -0.39 is 0 Å². The Balaban J connectivity index is 2.04. The van der Waals surface area contributed by atoms with Crippen LogP contribution in [0.1, 0.15) is 46.5 Å². The predicted octanol–water partition coefficient (Wildman–Crippen LogP) is 6.13. The molecule has 0 radical (unpaired) electrons. The van der Waals surface area contributed by atoms with Crippen molar-refractivity contribution in [1.29, 1.82) is 0 Å². The second-order valence-corrected chi connectivity index (χ2v) is 8.32. The Kier molecular flexibility index (Phi) is 5.48. The van der Waals surface area contributed by atoms with Crippen molar-refractivity contribution in [2.45, 2.75) is 52.5 Å². The summed E-state index contributed by atoms with van der Waals surface area (Å²) >= 11 is 9.66. The molecule has 0 heterocycles. The van der Waals surface area contributed by atoms with E-state index in [9.17, 15) is 0 Å². The van der Waals surface area contributed by atoms with Crippen molar-refractivity contribution in [3.8, 4) is 5.75 Å². The van der Waals surface area contributed by atoms with E-state index in [2.05, 4.69) is 42.0 Å². The second kappa shape index (κ2) is 6.78. The molecular formula is C17H25BrClNO. The van der Waals surface area contributed by atoms with Gasteiger partial charge in [0.15, 0.2) is 5.75 Å². The highest BCUT2D eigenvalue weighted by molar-refractivity contribution is 9.10. The first-order chi connectivity index (χ1) is 9.81. The highest BCUT2D eigenvalue weighted by atomic mass is 79.9. The van der Waals surface area contributed by atoms with E-state index in [-0.39, 0.29) is 0 Å². The Hall–Kier alpha value is -0.410. The van der Waals surface area contributed by atoms with Crippen LogP contribution < -0.4 is 10.1 Å². The van der Waals surface area contributed by atoms with E-state index in [1.165, 1.54) is 25.7 Å². The number of nitrogens with one attached hydrogen (secondary N) is 1. The van der Waals surface area contributed by atoms with E-state index in [4.69, 9.17) is 16.3 Å².